The van der Waals surface area contributed by atoms with Gasteiger partial charge in [-0.05, 0) is 31.0 Å². The molecule has 1 aliphatic heterocycles. The minimum atomic E-state index is -0.527. The molecule has 1 saturated heterocycles. The van der Waals surface area contributed by atoms with E-state index in [0.29, 0.717) is 18.8 Å². The van der Waals surface area contributed by atoms with Gasteiger partial charge >= 0.3 is 0 Å². The van der Waals surface area contributed by atoms with Crippen LogP contribution in [0.1, 0.15) is 23.2 Å². The van der Waals surface area contributed by atoms with Crippen molar-refractivity contribution in [3.05, 3.63) is 30.1 Å². The van der Waals surface area contributed by atoms with E-state index in [1.807, 2.05) is 29.8 Å². The Morgan fingerprint density at radius 3 is 2.85 bits per heavy atom. The van der Waals surface area contributed by atoms with Gasteiger partial charge < -0.3 is 19.3 Å². The second-order valence-corrected chi connectivity index (χ2v) is 7.33. The normalized spacial score (nSPS) is 27.1. The number of aliphatic hydroxyl groups is 1. The Morgan fingerprint density at radius 2 is 2.08 bits per heavy atom. The number of aromatic nitrogens is 2. The topological polar surface area (TPSA) is 70.8 Å². The third-order valence-corrected chi connectivity index (χ3v) is 5.85. The predicted molar refractivity (Wildman–Crippen MR) is 98.0 cm³/mol. The number of imidazole rings is 1. The molecule has 1 N–H and O–H groups in total. The Morgan fingerprint density at radius 1 is 1.31 bits per heavy atom. The van der Waals surface area contributed by atoms with Crippen LogP contribution in [0.15, 0.2) is 24.5 Å². The van der Waals surface area contributed by atoms with Crippen LogP contribution in [0.3, 0.4) is 0 Å². The van der Waals surface area contributed by atoms with Gasteiger partial charge in [0.2, 0.25) is 0 Å². The van der Waals surface area contributed by atoms with E-state index in [1.54, 1.807) is 18.3 Å². The lowest BCUT2D eigenvalue weighted by Gasteiger charge is -2.36. The van der Waals surface area contributed by atoms with Crippen LogP contribution in [0.4, 0.5) is 0 Å². The Labute approximate surface area is 153 Å². The van der Waals surface area contributed by atoms with Crippen molar-refractivity contribution in [2.75, 3.05) is 33.4 Å². The molecule has 2 aliphatic rings. The van der Waals surface area contributed by atoms with E-state index in [-0.39, 0.29) is 18.0 Å². The first-order valence-electron chi connectivity index (χ1n) is 9.24. The lowest BCUT2D eigenvalue weighted by molar-refractivity contribution is -0.0231. The lowest BCUT2D eigenvalue weighted by Crippen LogP contribution is -2.51. The molecule has 7 nitrogen and oxygen atoms in total. The maximum Gasteiger partial charge on any atom is 0.254 e. The second-order valence-electron chi connectivity index (χ2n) is 7.33. The van der Waals surface area contributed by atoms with E-state index in [1.165, 1.54) is 0 Å². The van der Waals surface area contributed by atoms with Gasteiger partial charge in [0.25, 0.3) is 5.91 Å². The summed E-state index contributed by atoms with van der Waals surface area (Å²) in [5, 5.41) is 10.9. The van der Waals surface area contributed by atoms with Crippen LogP contribution >= 0.6 is 0 Å². The summed E-state index contributed by atoms with van der Waals surface area (Å²) in [4.78, 5) is 21.3. The van der Waals surface area contributed by atoms with Gasteiger partial charge in [-0.1, -0.05) is 0 Å². The molecule has 3 atom stereocenters. The highest BCUT2D eigenvalue weighted by Crippen LogP contribution is 2.29. The number of carbonyl (C=O) groups excluding carboxylic acids is 1. The van der Waals surface area contributed by atoms with Crippen molar-refractivity contribution in [1.29, 1.82) is 0 Å². The molecule has 1 aliphatic carbocycles. The van der Waals surface area contributed by atoms with Crippen LogP contribution in [-0.4, -0.2) is 81.9 Å². The second kappa shape index (κ2) is 6.98. The summed E-state index contributed by atoms with van der Waals surface area (Å²) in [7, 11) is 3.73. The molecule has 26 heavy (non-hydrogen) atoms. The number of ether oxygens (including phenoxy) is 1. The smallest absolute Gasteiger partial charge is 0.254 e. The van der Waals surface area contributed by atoms with Crippen molar-refractivity contribution >= 4 is 16.9 Å². The Hall–Kier alpha value is -1.96. The predicted octanol–water partition coefficient (Wildman–Crippen LogP) is 0.869. The largest absolute Gasteiger partial charge is 0.389 e. The van der Waals surface area contributed by atoms with Gasteiger partial charge in [-0.2, -0.15) is 0 Å². The van der Waals surface area contributed by atoms with E-state index < -0.39 is 6.10 Å². The van der Waals surface area contributed by atoms with Gasteiger partial charge in [-0.3, -0.25) is 9.69 Å². The molecule has 4 rings (SSSR count). The van der Waals surface area contributed by atoms with Crippen LogP contribution in [0, 0.1) is 0 Å². The molecule has 140 valence electrons. The van der Waals surface area contributed by atoms with Crippen molar-refractivity contribution in [3.8, 4) is 0 Å². The summed E-state index contributed by atoms with van der Waals surface area (Å²) in [6.45, 7) is 3.13. The molecule has 0 bridgehead atoms. The SMILES string of the molecule is CN(C(=O)c1ccc2c(c1)ncn2C)[C@@H]1CC[C@@H](N2CCOCC2)[C@@H]1O. The lowest BCUT2D eigenvalue weighted by atomic mass is 10.1. The molecule has 0 unspecified atom stereocenters. The number of likely N-dealkylation sites (N-methyl/N-ethyl adjacent to an activating group) is 1. The highest BCUT2D eigenvalue weighted by Gasteiger charge is 2.41. The van der Waals surface area contributed by atoms with E-state index >= 15 is 0 Å². The molecule has 1 aromatic carbocycles. The molecule has 1 saturated carbocycles. The van der Waals surface area contributed by atoms with Gasteiger partial charge in [0.05, 0.1) is 42.7 Å². The number of hydrogen-bond acceptors (Lipinski definition) is 5. The summed E-state index contributed by atoms with van der Waals surface area (Å²) in [5.41, 5.74) is 2.42. The zero-order valence-electron chi connectivity index (χ0n) is 15.3. The standard InChI is InChI=1S/C19H26N4O3/c1-21-12-20-14-11-13(3-4-15(14)21)19(25)22(2)16-5-6-17(18(16)24)23-7-9-26-10-8-23/h3-4,11-12,16-18,24H,5-10H2,1-2H3/t16-,17-,18-/m1/s1. The molecule has 1 aromatic heterocycles. The molecule has 2 heterocycles. The first-order chi connectivity index (χ1) is 12.6. The van der Waals surface area contributed by atoms with E-state index in [9.17, 15) is 9.90 Å². The number of benzene rings is 1. The zero-order chi connectivity index (χ0) is 18.3. The minimum Gasteiger partial charge on any atom is -0.389 e. The van der Waals surface area contributed by atoms with Crippen molar-refractivity contribution in [2.45, 2.75) is 31.0 Å². The van der Waals surface area contributed by atoms with Crippen LogP contribution in [0.2, 0.25) is 0 Å². The highest BCUT2D eigenvalue weighted by atomic mass is 16.5. The number of aryl methyl sites for hydroxylation is 1. The fourth-order valence-corrected chi connectivity index (χ4v) is 4.29. The number of rotatable bonds is 3. The maximum atomic E-state index is 13.0. The number of aliphatic hydroxyl groups excluding tert-OH is 1. The van der Waals surface area contributed by atoms with Crippen molar-refractivity contribution in [2.24, 2.45) is 7.05 Å². The summed E-state index contributed by atoms with van der Waals surface area (Å²) in [6, 6.07) is 5.54. The third-order valence-electron chi connectivity index (χ3n) is 5.85. The van der Waals surface area contributed by atoms with Crippen molar-refractivity contribution in [3.63, 3.8) is 0 Å². The molecule has 0 spiro atoms. The van der Waals surface area contributed by atoms with Gasteiger partial charge in [-0.25, -0.2) is 4.98 Å². The summed E-state index contributed by atoms with van der Waals surface area (Å²) in [5.74, 6) is -0.0655. The van der Waals surface area contributed by atoms with Gasteiger partial charge in [-0.15, -0.1) is 0 Å². The summed E-state index contributed by atoms with van der Waals surface area (Å²) >= 11 is 0. The average Bonchev–Trinajstić information content (AvgIpc) is 3.24. The number of morpholine rings is 1. The fraction of sp³-hybridized carbons (Fsp3) is 0.579. The minimum absolute atomic E-state index is 0.0655. The number of fused-ring (bicyclic) bond motifs is 1. The molecule has 2 fully saturated rings. The molecular formula is C19H26N4O3. The van der Waals surface area contributed by atoms with E-state index in [4.69, 9.17) is 4.74 Å². The van der Waals surface area contributed by atoms with Crippen molar-refractivity contribution in [1.82, 2.24) is 19.4 Å². The molecule has 1 amide bonds. The van der Waals surface area contributed by atoms with Crippen LogP contribution in [-0.2, 0) is 11.8 Å². The van der Waals surface area contributed by atoms with Crippen LogP contribution < -0.4 is 0 Å². The average molecular weight is 358 g/mol. The number of amides is 1. The Kier molecular flexibility index (Phi) is 4.69. The van der Waals surface area contributed by atoms with Crippen LogP contribution in [0.5, 0.6) is 0 Å². The van der Waals surface area contributed by atoms with Gasteiger partial charge in [0.15, 0.2) is 0 Å². The molecular weight excluding hydrogens is 332 g/mol. The summed E-state index contributed by atoms with van der Waals surface area (Å²) in [6.07, 6.45) is 2.94. The van der Waals surface area contributed by atoms with Gasteiger partial charge in [0, 0.05) is 38.8 Å². The first kappa shape index (κ1) is 17.5. The molecule has 2 aromatic rings. The number of nitrogens with zero attached hydrogens (tertiary/aromatic N) is 4. The quantitative estimate of drug-likeness (QED) is 0.882. The molecule has 7 heteroatoms. The van der Waals surface area contributed by atoms with E-state index in [0.717, 1.165) is 37.0 Å². The summed E-state index contributed by atoms with van der Waals surface area (Å²) < 4.78 is 7.34. The number of hydrogen-bond donors (Lipinski definition) is 1. The zero-order valence-corrected chi connectivity index (χ0v) is 15.3. The highest BCUT2D eigenvalue weighted by molar-refractivity contribution is 5.97. The Bertz CT molecular complexity index is 799. The third kappa shape index (κ3) is 3.00. The Balaban J connectivity index is 1.49. The monoisotopic (exact) mass is 358 g/mol. The maximum absolute atomic E-state index is 13.0. The van der Waals surface area contributed by atoms with Crippen LogP contribution in [0.25, 0.3) is 11.0 Å². The first-order valence-corrected chi connectivity index (χ1v) is 9.24. The van der Waals surface area contributed by atoms with Crippen molar-refractivity contribution < 1.29 is 14.6 Å². The number of carbonyl (C=O) groups is 1. The fourth-order valence-electron chi connectivity index (χ4n) is 4.29. The molecule has 0 radical (unpaired) electrons. The van der Waals surface area contributed by atoms with Gasteiger partial charge in [0.1, 0.15) is 0 Å². The van der Waals surface area contributed by atoms with E-state index in [2.05, 4.69) is 9.88 Å².